The van der Waals surface area contributed by atoms with Crippen molar-refractivity contribution >= 4 is 17.4 Å². The van der Waals surface area contributed by atoms with E-state index in [2.05, 4.69) is 15.2 Å². The second-order valence-corrected chi connectivity index (χ2v) is 3.97. The van der Waals surface area contributed by atoms with Crippen molar-refractivity contribution in [1.82, 2.24) is 14.8 Å². The van der Waals surface area contributed by atoms with Gasteiger partial charge in [0.15, 0.2) is 11.6 Å². The maximum atomic E-state index is 8.66. The monoisotopic (exact) mass is 281 g/mol. The van der Waals surface area contributed by atoms with E-state index in [1.54, 1.807) is 17.1 Å². The maximum absolute atomic E-state index is 8.66. The number of aromatic nitrogens is 3. The fraction of sp³-hybridized carbons (Fsp3) is 0.182. The third-order valence-corrected chi connectivity index (χ3v) is 2.75. The molecule has 100 valence electrons. The number of nitrogens with zero attached hydrogens (tertiary/aromatic N) is 4. The van der Waals surface area contributed by atoms with Crippen molar-refractivity contribution in [2.75, 3.05) is 0 Å². The molecule has 0 amide bonds. The minimum absolute atomic E-state index is 0.110. The van der Waals surface area contributed by atoms with E-state index in [0.29, 0.717) is 11.3 Å². The Morgan fingerprint density at radius 3 is 3.05 bits per heavy atom. The lowest BCUT2D eigenvalue weighted by atomic mass is 10.2. The molecule has 3 N–H and O–H groups in total. The quantitative estimate of drug-likeness (QED) is 0.386. The largest absolute Gasteiger partial charge is 0.434 e. The molecule has 0 bridgehead atoms. The number of pyridine rings is 1. The number of hydrogen-bond acceptors (Lipinski definition) is 5. The van der Waals surface area contributed by atoms with Crippen LogP contribution in [0, 0.1) is 0 Å². The van der Waals surface area contributed by atoms with Crippen LogP contribution in [-0.2, 0) is 6.54 Å². The predicted octanol–water partition coefficient (Wildman–Crippen LogP) is 1.84. The third-order valence-electron chi connectivity index (χ3n) is 2.39. The van der Waals surface area contributed by atoms with Crippen molar-refractivity contribution in [3.8, 4) is 11.6 Å². The van der Waals surface area contributed by atoms with Gasteiger partial charge < -0.3 is 15.7 Å². The third kappa shape index (κ3) is 2.76. The topological polar surface area (TPSA) is 98.6 Å². The Kier molecular flexibility index (Phi) is 3.86. The molecule has 8 heteroatoms. The second-order valence-electron chi connectivity index (χ2n) is 3.60. The highest BCUT2D eigenvalue weighted by atomic mass is 35.5. The number of hydrogen-bond donors (Lipinski definition) is 2. The van der Waals surface area contributed by atoms with Crippen LogP contribution in [0.5, 0.6) is 11.6 Å². The smallest absolute Gasteiger partial charge is 0.239 e. The molecule has 0 unspecified atom stereocenters. The first-order chi connectivity index (χ1) is 9.15. The standard InChI is InChI=1S/C11H12ClN5O2/c1-2-17-6-7(5-15-17)19-11-9(12)8(3-4-14-11)10(13)16-18/h3-6,18H,2H2,1H3,(H2,13,16). The average molecular weight is 282 g/mol. The highest BCUT2D eigenvalue weighted by molar-refractivity contribution is 6.35. The van der Waals surface area contributed by atoms with Gasteiger partial charge in [0.25, 0.3) is 0 Å². The Labute approximate surface area is 114 Å². The summed E-state index contributed by atoms with van der Waals surface area (Å²) in [5.41, 5.74) is 5.84. The van der Waals surface area contributed by atoms with E-state index in [1.165, 1.54) is 12.3 Å². The predicted molar refractivity (Wildman–Crippen MR) is 69.7 cm³/mol. The summed E-state index contributed by atoms with van der Waals surface area (Å²) in [6.45, 7) is 2.69. The lowest BCUT2D eigenvalue weighted by Crippen LogP contribution is -2.14. The van der Waals surface area contributed by atoms with Gasteiger partial charge in [-0.05, 0) is 13.0 Å². The molecule has 2 heterocycles. The summed E-state index contributed by atoms with van der Waals surface area (Å²) in [7, 11) is 0. The van der Waals surface area contributed by atoms with Crippen LogP contribution in [0.3, 0.4) is 0 Å². The van der Waals surface area contributed by atoms with Gasteiger partial charge in [-0.1, -0.05) is 16.8 Å². The molecule has 19 heavy (non-hydrogen) atoms. The van der Waals surface area contributed by atoms with Gasteiger partial charge in [-0.25, -0.2) is 4.98 Å². The van der Waals surface area contributed by atoms with E-state index in [4.69, 9.17) is 27.3 Å². The van der Waals surface area contributed by atoms with Crippen molar-refractivity contribution < 1.29 is 9.94 Å². The van der Waals surface area contributed by atoms with Gasteiger partial charge in [0.05, 0.1) is 12.4 Å². The van der Waals surface area contributed by atoms with Gasteiger partial charge in [0.1, 0.15) is 5.02 Å². The van der Waals surface area contributed by atoms with Crippen LogP contribution in [-0.4, -0.2) is 25.8 Å². The molecular weight excluding hydrogens is 270 g/mol. The normalized spacial score (nSPS) is 11.6. The minimum atomic E-state index is -0.110. The molecule has 0 fully saturated rings. The molecule has 0 aliphatic carbocycles. The van der Waals surface area contributed by atoms with Gasteiger partial charge in [0, 0.05) is 18.3 Å². The number of nitrogens with two attached hydrogens (primary N) is 1. The van der Waals surface area contributed by atoms with E-state index in [1.807, 2.05) is 6.92 Å². The van der Waals surface area contributed by atoms with Crippen LogP contribution >= 0.6 is 11.6 Å². The molecule has 0 aliphatic heterocycles. The zero-order valence-electron chi connectivity index (χ0n) is 10.1. The van der Waals surface area contributed by atoms with Crippen molar-refractivity contribution in [2.24, 2.45) is 10.9 Å². The summed E-state index contributed by atoms with van der Waals surface area (Å²) in [5.74, 6) is 0.566. The fourth-order valence-corrected chi connectivity index (χ4v) is 1.68. The summed E-state index contributed by atoms with van der Waals surface area (Å²) in [5, 5.41) is 15.8. The summed E-state index contributed by atoms with van der Waals surface area (Å²) in [6, 6.07) is 1.53. The van der Waals surface area contributed by atoms with Gasteiger partial charge in [-0.15, -0.1) is 0 Å². The maximum Gasteiger partial charge on any atom is 0.239 e. The lowest BCUT2D eigenvalue weighted by molar-refractivity contribution is 0.318. The zero-order chi connectivity index (χ0) is 13.8. The molecule has 0 aliphatic rings. The molecule has 2 aromatic heterocycles. The summed E-state index contributed by atoms with van der Waals surface area (Å²) in [4.78, 5) is 4.00. The highest BCUT2D eigenvalue weighted by Gasteiger charge is 2.13. The Morgan fingerprint density at radius 1 is 1.63 bits per heavy atom. The molecule has 2 rings (SSSR count). The first kappa shape index (κ1) is 13.2. The van der Waals surface area contributed by atoms with E-state index in [-0.39, 0.29) is 16.7 Å². The van der Waals surface area contributed by atoms with E-state index in [9.17, 15) is 0 Å². The number of rotatable bonds is 4. The van der Waals surface area contributed by atoms with Crippen LogP contribution in [0.15, 0.2) is 29.8 Å². The van der Waals surface area contributed by atoms with Gasteiger partial charge in [-0.3, -0.25) is 4.68 Å². The Morgan fingerprint density at radius 2 is 2.42 bits per heavy atom. The summed E-state index contributed by atoms with van der Waals surface area (Å²) >= 11 is 6.09. The average Bonchev–Trinajstić information content (AvgIpc) is 2.88. The van der Waals surface area contributed by atoms with E-state index >= 15 is 0 Å². The zero-order valence-corrected chi connectivity index (χ0v) is 10.9. The fourth-order valence-electron chi connectivity index (χ4n) is 1.43. The Hall–Kier alpha value is -2.28. The number of halogens is 1. The van der Waals surface area contributed by atoms with Gasteiger partial charge >= 0.3 is 0 Å². The first-order valence-corrected chi connectivity index (χ1v) is 5.86. The lowest BCUT2D eigenvalue weighted by Gasteiger charge is -2.07. The number of aryl methyl sites for hydroxylation is 1. The highest BCUT2D eigenvalue weighted by Crippen LogP contribution is 2.29. The van der Waals surface area contributed by atoms with Crippen LogP contribution in [0.4, 0.5) is 0 Å². The molecule has 0 saturated heterocycles. The summed E-state index contributed by atoms with van der Waals surface area (Å²) < 4.78 is 7.21. The number of oxime groups is 1. The van der Waals surface area contributed by atoms with Crippen LogP contribution in [0.1, 0.15) is 12.5 Å². The molecule has 0 atom stereocenters. The van der Waals surface area contributed by atoms with Crippen LogP contribution in [0.25, 0.3) is 0 Å². The van der Waals surface area contributed by atoms with Gasteiger partial charge in [0.2, 0.25) is 5.88 Å². The minimum Gasteiger partial charge on any atom is -0.434 e. The number of ether oxygens (including phenoxy) is 1. The van der Waals surface area contributed by atoms with Crippen LogP contribution < -0.4 is 10.5 Å². The van der Waals surface area contributed by atoms with E-state index in [0.717, 1.165) is 6.54 Å². The van der Waals surface area contributed by atoms with Gasteiger partial charge in [-0.2, -0.15) is 5.10 Å². The molecule has 0 spiro atoms. The van der Waals surface area contributed by atoms with Crippen molar-refractivity contribution in [3.05, 3.63) is 35.2 Å². The Bertz CT molecular complexity index is 611. The van der Waals surface area contributed by atoms with E-state index < -0.39 is 0 Å². The molecule has 0 radical (unpaired) electrons. The molecule has 0 aromatic carbocycles. The number of amidine groups is 1. The molecule has 7 nitrogen and oxygen atoms in total. The van der Waals surface area contributed by atoms with Crippen molar-refractivity contribution in [1.29, 1.82) is 0 Å². The first-order valence-electron chi connectivity index (χ1n) is 5.48. The molecular formula is C11H12ClN5O2. The van der Waals surface area contributed by atoms with Crippen molar-refractivity contribution in [2.45, 2.75) is 13.5 Å². The summed E-state index contributed by atoms with van der Waals surface area (Å²) in [6.07, 6.45) is 4.73. The SMILES string of the molecule is CCn1cc(Oc2nccc(/C(N)=N/O)c2Cl)cn1. The molecule has 0 saturated carbocycles. The van der Waals surface area contributed by atoms with Crippen LogP contribution in [0.2, 0.25) is 5.02 Å². The molecule has 2 aromatic rings. The van der Waals surface area contributed by atoms with Crippen molar-refractivity contribution in [3.63, 3.8) is 0 Å². The second kappa shape index (κ2) is 5.57. The Balaban J connectivity index is 2.30.